The van der Waals surface area contributed by atoms with Crippen LogP contribution in [0.1, 0.15) is 18.9 Å². The maximum absolute atomic E-state index is 13.1. The number of amides is 1. The number of rotatable bonds is 7. The Balaban J connectivity index is 2.40. The predicted octanol–water partition coefficient (Wildman–Crippen LogP) is 3.37. The SMILES string of the molecule is CCCNC(=O)CN(c1ccc(Cl)cc1)S(=O)(=O)c1ccc(C)cc1. The molecular formula is C18H21ClN2O3S. The van der Waals surface area contributed by atoms with E-state index in [-0.39, 0.29) is 17.3 Å². The first-order valence-electron chi connectivity index (χ1n) is 7.96. The Morgan fingerprint density at radius 1 is 1.08 bits per heavy atom. The van der Waals surface area contributed by atoms with Crippen LogP contribution in [0.5, 0.6) is 0 Å². The van der Waals surface area contributed by atoms with Crippen LogP contribution in [-0.4, -0.2) is 27.4 Å². The number of halogens is 1. The molecule has 0 aliphatic rings. The lowest BCUT2D eigenvalue weighted by Gasteiger charge is -2.24. The topological polar surface area (TPSA) is 66.5 Å². The molecule has 2 rings (SSSR count). The summed E-state index contributed by atoms with van der Waals surface area (Å²) in [6, 6.07) is 12.9. The molecule has 0 unspecified atom stereocenters. The van der Waals surface area contributed by atoms with Crippen LogP contribution in [0.4, 0.5) is 5.69 Å². The minimum absolute atomic E-state index is 0.136. The van der Waals surface area contributed by atoms with E-state index in [1.807, 2.05) is 13.8 Å². The van der Waals surface area contributed by atoms with E-state index in [4.69, 9.17) is 11.6 Å². The summed E-state index contributed by atoms with van der Waals surface area (Å²) in [5.74, 6) is -0.354. The Bertz CT molecular complexity index is 818. The molecule has 0 aromatic heterocycles. The smallest absolute Gasteiger partial charge is 0.264 e. The number of sulfonamides is 1. The summed E-state index contributed by atoms with van der Waals surface area (Å²) in [4.78, 5) is 12.3. The molecule has 2 aromatic rings. The van der Waals surface area contributed by atoms with Gasteiger partial charge in [-0.15, -0.1) is 0 Å². The van der Waals surface area contributed by atoms with E-state index in [0.29, 0.717) is 17.3 Å². The van der Waals surface area contributed by atoms with Crippen molar-refractivity contribution in [3.8, 4) is 0 Å². The lowest BCUT2D eigenvalue weighted by Crippen LogP contribution is -2.41. The van der Waals surface area contributed by atoms with Gasteiger partial charge < -0.3 is 5.32 Å². The molecule has 0 saturated carbocycles. The average Bonchev–Trinajstić information content (AvgIpc) is 2.59. The zero-order chi connectivity index (χ0) is 18.4. The van der Waals surface area contributed by atoms with Crippen molar-refractivity contribution in [3.63, 3.8) is 0 Å². The lowest BCUT2D eigenvalue weighted by atomic mass is 10.2. The van der Waals surface area contributed by atoms with Crippen molar-refractivity contribution < 1.29 is 13.2 Å². The van der Waals surface area contributed by atoms with Crippen LogP contribution in [0.15, 0.2) is 53.4 Å². The van der Waals surface area contributed by atoms with Gasteiger partial charge in [-0.2, -0.15) is 0 Å². The fraction of sp³-hybridized carbons (Fsp3) is 0.278. The first-order valence-corrected chi connectivity index (χ1v) is 9.78. The van der Waals surface area contributed by atoms with Crippen molar-refractivity contribution in [1.82, 2.24) is 5.32 Å². The maximum atomic E-state index is 13.1. The van der Waals surface area contributed by atoms with Gasteiger partial charge in [-0.25, -0.2) is 8.42 Å². The van der Waals surface area contributed by atoms with Gasteiger partial charge in [0, 0.05) is 11.6 Å². The number of anilines is 1. The second kappa shape index (κ2) is 8.36. The Hall–Kier alpha value is -2.05. The summed E-state index contributed by atoms with van der Waals surface area (Å²) >= 11 is 5.89. The van der Waals surface area contributed by atoms with Gasteiger partial charge in [0.2, 0.25) is 5.91 Å². The Morgan fingerprint density at radius 3 is 2.24 bits per heavy atom. The standard InChI is InChI=1S/C18H21ClN2O3S/c1-3-12-20-18(22)13-21(16-8-6-15(19)7-9-16)25(23,24)17-10-4-14(2)5-11-17/h4-11H,3,12-13H2,1-2H3,(H,20,22). The van der Waals surface area contributed by atoms with Gasteiger partial charge in [0.25, 0.3) is 10.0 Å². The molecule has 25 heavy (non-hydrogen) atoms. The van der Waals surface area contributed by atoms with Gasteiger partial charge in [0.15, 0.2) is 0 Å². The lowest BCUT2D eigenvalue weighted by molar-refractivity contribution is -0.119. The van der Waals surface area contributed by atoms with Crippen molar-refractivity contribution in [3.05, 3.63) is 59.1 Å². The number of carbonyl (C=O) groups excluding carboxylic acids is 1. The highest BCUT2D eigenvalue weighted by Gasteiger charge is 2.27. The van der Waals surface area contributed by atoms with Gasteiger partial charge in [-0.3, -0.25) is 9.10 Å². The van der Waals surface area contributed by atoms with Crippen LogP contribution in [0.25, 0.3) is 0 Å². The number of nitrogens with zero attached hydrogens (tertiary/aromatic N) is 1. The largest absolute Gasteiger partial charge is 0.355 e. The van der Waals surface area contributed by atoms with E-state index in [2.05, 4.69) is 5.32 Å². The fourth-order valence-electron chi connectivity index (χ4n) is 2.21. The summed E-state index contributed by atoms with van der Waals surface area (Å²) in [6.45, 7) is 4.02. The number of benzene rings is 2. The molecule has 0 spiro atoms. The first kappa shape index (κ1) is 19.3. The van der Waals surface area contributed by atoms with Crippen LogP contribution >= 0.6 is 11.6 Å². The summed E-state index contributed by atoms with van der Waals surface area (Å²) in [5.41, 5.74) is 1.34. The van der Waals surface area contributed by atoms with E-state index < -0.39 is 10.0 Å². The molecule has 7 heteroatoms. The third-order valence-corrected chi connectivity index (χ3v) is 5.62. The third-order valence-electron chi connectivity index (χ3n) is 3.58. The number of hydrogen-bond acceptors (Lipinski definition) is 3. The summed E-state index contributed by atoms with van der Waals surface area (Å²) in [6.07, 6.45) is 0.775. The van der Waals surface area contributed by atoms with E-state index in [1.54, 1.807) is 36.4 Å². The average molecular weight is 381 g/mol. The van der Waals surface area contributed by atoms with Gasteiger partial charge in [0.1, 0.15) is 6.54 Å². The van der Waals surface area contributed by atoms with Gasteiger partial charge in [0.05, 0.1) is 10.6 Å². The molecule has 0 fully saturated rings. The number of nitrogens with one attached hydrogen (secondary N) is 1. The molecule has 134 valence electrons. The first-order chi connectivity index (χ1) is 11.8. The van der Waals surface area contributed by atoms with Crippen LogP contribution in [0, 0.1) is 6.92 Å². The van der Waals surface area contributed by atoms with E-state index in [1.165, 1.54) is 12.1 Å². The third kappa shape index (κ3) is 4.96. The molecule has 0 saturated heterocycles. The summed E-state index contributed by atoms with van der Waals surface area (Å²) in [7, 11) is -3.87. The molecule has 1 N–H and O–H groups in total. The molecule has 2 aromatic carbocycles. The Kier molecular flexibility index (Phi) is 6.45. The highest BCUT2D eigenvalue weighted by molar-refractivity contribution is 7.92. The van der Waals surface area contributed by atoms with Crippen molar-refractivity contribution in [2.75, 3.05) is 17.4 Å². The predicted molar refractivity (Wildman–Crippen MR) is 100 cm³/mol. The van der Waals surface area contributed by atoms with Crippen LogP contribution < -0.4 is 9.62 Å². The fourth-order valence-corrected chi connectivity index (χ4v) is 3.76. The van der Waals surface area contributed by atoms with Gasteiger partial charge >= 0.3 is 0 Å². The number of hydrogen-bond donors (Lipinski definition) is 1. The second-order valence-electron chi connectivity index (χ2n) is 5.65. The Labute approximate surface area is 153 Å². The van der Waals surface area contributed by atoms with E-state index >= 15 is 0 Å². The molecule has 0 atom stereocenters. The Morgan fingerprint density at radius 2 is 1.68 bits per heavy atom. The molecule has 5 nitrogen and oxygen atoms in total. The molecular weight excluding hydrogens is 360 g/mol. The highest BCUT2D eigenvalue weighted by Crippen LogP contribution is 2.25. The monoisotopic (exact) mass is 380 g/mol. The minimum Gasteiger partial charge on any atom is -0.355 e. The highest BCUT2D eigenvalue weighted by atomic mass is 35.5. The molecule has 1 amide bonds. The van der Waals surface area contributed by atoms with Crippen molar-refractivity contribution in [2.24, 2.45) is 0 Å². The molecule has 0 heterocycles. The van der Waals surface area contributed by atoms with Crippen LogP contribution in [0.3, 0.4) is 0 Å². The normalized spacial score (nSPS) is 11.2. The molecule has 0 aliphatic carbocycles. The van der Waals surface area contributed by atoms with Crippen LogP contribution in [-0.2, 0) is 14.8 Å². The van der Waals surface area contributed by atoms with E-state index in [0.717, 1.165) is 16.3 Å². The maximum Gasteiger partial charge on any atom is 0.264 e. The zero-order valence-electron chi connectivity index (χ0n) is 14.2. The van der Waals surface area contributed by atoms with Crippen LogP contribution in [0.2, 0.25) is 5.02 Å². The minimum atomic E-state index is -3.87. The number of aryl methyl sites for hydroxylation is 1. The van der Waals surface area contributed by atoms with Crippen molar-refractivity contribution >= 4 is 33.2 Å². The zero-order valence-corrected chi connectivity index (χ0v) is 15.8. The molecule has 0 radical (unpaired) electrons. The summed E-state index contributed by atoms with van der Waals surface area (Å²) < 4.78 is 27.2. The molecule has 0 bridgehead atoms. The van der Waals surface area contributed by atoms with E-state index in [9.17, 15) is 13.2 Å². The quantitative estimate of drug-likeness (QED) is 0.800. The van der Waals surface area contributed by atoms with Gasteiger partial charge in [-0.05, 0) is 49.7 Å². The number of carbonyl (C=O) groups is 1. The molecule has 0 aliphatic heterocycles. The van der Waals surface area contributed by atoms with Gasteiger partial charge in [-0.1, -0.05) is 36.2 Å². The van der Waals surface area contributed by atoms with Crippen molar-refractivity contribution in [2.45, 2.75) is 25.2 Å². The van der Waals surface area contributed by atoms with Crippen molar-refractivity contribution in [1.29, 1.82) is 0 Å². The summed E-state index contributed by atoms with van der Waals surface area (Å²) in [5, 5.41) is 3.20. The second-order valence-corrected chi connectivity index (χ2v) is 7.95.